The second-order valence-electron chi connectivity index (χ2n) is 6.97. The predicted molar refractivity (Wildman–Crippen MR) is 108 cm³/mol. The van der Waals surface area contributed by atoms with Crippen molar-refractivity contribution in [3.63, 3.8) is 0 Å². The lowest BCUT2D eigenvalue weighted by Gasteiger charge is -2.19. The Bertz CT molecular complexity index is 1080. The number of benzene rings is 2. The van der Waals surface area contributed by atoms with Crippen molar-refractivity contribution in [2.75, 3.05) is 17.2 Å². The molecule has 6 nitrogen and oxygen atoms in total. The Morgan fingerprint density at radius 1 is 1.04 bits per heavy atom. The molecule has 2 amide bonds. The number of rotatable bonds is 3. The number of fused-ring (bicyclic) bond motifs is 1. The molecule has 142 valence electrons. The van der Waals surface area contributed by atoms with Crippen LogP contribution >= 0.6 is 0 Å². The molecule has 0 saturated carbocycles. The van der Waals surface area contributed by atoms with Crippen LogP contribution in [0.15, 0.2) is 48.5 Å². The molecule has 4 rings (SSSR count). The van der Waals surface area contributed by atoms with E-state index in [0.717, 1.165) is 22.6 Å². The third-order valence-corrected chi connectivity index (χ3v) is 4.78. The first kappa shape index (κ1) is 17.9. The smallest absolute Gasteiger partial charge is 0.262 e. The molecule has 6 heteroatoms. The zero-order chi connectivity index (χ0) is 19.8. The fraction of sp³-hybridized carbons (Fsp3) is 0.182. The highest BCUT2D eigenvalue weighted by atomic mass is 16.5. The summed E-state index contributed by atoms with van der Waals surface area (Å²) < 4.78 is 7.43. The third-order valence-electron chi connectivity index (χ3n) is 4.78. The van der Waals surface area contributed by atoms with Crippen LogP contribution in [0.5, 0.6) is 5.75 Å². The molecule has 2 heterocycles. The van der Waals surface area contributed by atoms with E-state index in [2.05, 4.69) is 15.2 Å². The van der Waals surface area contributed by atoms with Crippen molar-refractivity contribution in [3.05, 3.63) is 71.0 Å². The molecule has 1 aromatic heterocycles. The Labute approximate surface area is 163 Å². The number of nitrogens with one attached hydrogen (secondary N) is 2. The molecular formula is C22H21N3O3. The molecule has 0 saturated heterocycles. The van der Waals surface area contributed by atoms with Gasteiger partial charge in [0.25, 0.3) is 11.8 Å². The maximum atomic E-state index is 13.1. The van der Waals surface area contributed by atoms with E-state index in [4.69, 9.17) is 4.74 Å². The van der Waals surface area contributed by atoms with Gasteiger partial charge in [-0.15, -0.1) is 0 Å². The summed E-state index contributed by atoms with van der Waals surface area (Å²) in [5.74, 6) is 0.164. The summed E-state index contributed by atoms with van der Waals surface area (Å²) in [6.07, 6.45) is 0. The van der Waals surface area contributed by atoms with Crippen molar-refractivity contribution in [1.82, 2.24) is 4.57 Å². The van der Waals surface area contributed by atoms with Gasteiger partial charge >= 0.3 is 0 Å². The monoisotopic (exact) mass is 375 g/mol. The standard InChI is InChI=1S/C22H21N3O3/c1-13-4-8-19(25-14(2)5-6-15(25)3)17(10-13)22(27)23-16-7-9-20-18(11-16)24-21(26)12-28-20/h4-11H,12H2,1-3H3,(H,23,27)(H,24,26). The average molecular weight is 375 g/mol. The van der Waals surface area contributed by atoms with Gasteiger partial charge in [0.15, 0.2) is 6.61 Å². The first-order valence-electron chi connectivity index (χ1n) is 9.06. The molecule has 0 spiro atoms. The fourth-order valence-corrected chi connectivity index (χ4v) is 3.43. The fourth-order valence-electron chi connectivity index (χ4n) is 3.43. The van der Waals surface area contributed by atoms with Gasteiger partial charge in [0, 0.05) is 17.1 Å². The summed E-state index contributed by atoms with van der Waals surface area (Å²) in [6, 6.07) is 15.1. The molecule has 0 fully saturated rings. The summed E-state index contributed by atoms with van der Waals surface area (Å²) in [4.78, 5) is 24.6. The normalized spacial score (nSPS) is 12.8. The van der Waals surface area contributed by atoms with Crippen LogP contribution in [0.25, 0.3) is 5.69 Å². The number of carbonyl (C=O) groups excluding carboxylic acids is 2. The molecule has 2 aromatic carbocycles. The summed E-state index contributed by atoms with van der Waals surface area (Å²) in [5.41, 5.74) is 5.67. The number of amides is 2. The summed E-state index contributed by atoms with van der Waals surface area (Å²) >= 11 is 0. The molecule has 0 atom stereocenters. The highest BCUT2D eigenvalue weighted by Gasteiger charge is 2.19. The van der Waals surface area contributed by atoms with E-state index in [1.165, 1.54) is 0 Å². The molecule has 0 aliphatic carbocycles. The number of hydrogen-bond acceptors (Lipinski definition) is 3. The van der Waals surface area contributed by atoms with Crippen LogP contribution in [0.2, 0.25) is 0 Å². The quantitative estimate of drug-likeness (QED) is 0.727. The van der Waals surface area contributed by atoms with Gasteiger partial charge in [-0.05, 0) is 63.2 Å². The number of carbonyl (C=O) groups is 2. The second kappa shape index (κ2) is 6.88. The summed E-state index contributed by atoms with van der Waals surface area (Å²) in [7, 11) is 0. The number of hydrogen-bond donors (Lipinski definition) is 2. The topological polar surface area (TPSA) is 72.4 Å². The second-order valence-corrected chi connectivity index (χ2v) is 6.97. The van der Waals surface area contributed by atoms with Crippen molar-refractivity contribution in [3.8, 4) is 11.4 Å². The van der Waals surface area contributed by atoms with Crippen LogP contribution in [0.3, 0.4) is 0 Å². The van der Waals surface area contributed by atoms with Gasteiger partial charge in [0.1, 0.15) is 5.75 Å². The minimum absolute atomic E-state index is 0.000923. The lowest BCUT2D eigenvalue weighted by Crippen LogP contribution is -2.25. The minimum Gasteiger partial charge on any atom is -0.482 e. The van der Waals surface area contributed by atoms with Crippen molar-refractivity contribution >= 4 is 23.2 Å². The predicted octanol–water partition coefficient (Wildman–Crippen LogP) is 3.99. The molecule has 0 unspecified atom stereocenters. The first-order chi connectivity index (χ1) is 13.4. The Morgan fingerprint density at radius 3 is 2.54 bits per heavy atom. The molecule has 1 aliphatic heterocycles. The average Bonchev–Trinajstić information content (AvgIpc) is 3.00. The molecule has 3 aromatic rings. The van der Waals surface area contributed by atoms with E-state index >= 15 is 0 Å². The van der Waals surface area contributed by atoms with Crippen molar-refractivity contribution in [1.29, 1.82) is 0 Å². The van der Waals surface area contributed by atoms with E-state index in [1.54, 1.807) is 18.2 Å². The zero-order valence-corrected chi connectivity index (χ0v) is 16.0. The Morgan fingerprint density at radius 2 is 1.79 bits per heavy atom. The van der Waals surface area contributed by atoms with Gasteiger partial charge in [-0.1, -0.05) is 11.6 Å². The lowest BCUT2D eigenvalue weighted by atomic mass is 10.1. The van der Waals surface area contributed by atoms with Crippen molar-refractivity contribution in [2.45, 2.75) is 20.8 Å². The van der Waals surface area contributed by atoms with Crippen LogP contribution in [0.1, 0.15) is 27.3 Å². The van der Waals surface area contributed by atoms with Gasteiger partial charge in [0.05, 0.1) is 16.9 Å². The number of ether oxygens (including phenoxy) is 1. The summed E-state index contributed by atoms with van der Waals surface area (Å²) in [5, 5.41) is 5.68. The van der Waals surface area contributed by atoms with E-state index in [9.17, 15) is 9.59 Å². The molecule has 28 heavy (non-hydrogen) atoms. The Kier molecular flexibility index (Phi) is 4.39. The van der Waals surface area contributed by atoms with Crippen LogP contribution in [-0.2, 0) is 4.79 Å². The molecular weight excluding hydrogens is 354 g/mol. The van der Waals surface area contributed by atoms with Crippen molar-refractivity contribution < 1.29 is 14.3 Å². The SMILES string of the molecule is Cc1ccc(-n2c(C)ccc2C)c(C(=O)Nc2ccc3c(c2)NC(=O)CO3)c1. The highest BCUT2D eigenvalue weighted by molar-refractivity contribution is 6.07. The maximum Gasteiger partial charge on any atom is 0.262 e. The van der Waals surface area contributed by atoms with Gasteiger partial charge in [-0.25, -0.2) is 0 Å². The van der Waals surface area contributed by atoms with Crippen LogP contribution in [-0.4, -0.2) is 23.0 Å². The van der Waals surface area contributed by atoms with Gasteiger partial charge < -0.3 is 19.9 Å². The zero-order valence-electron chi connectivity index (χ0n) is 16.0. The van der Waals surface area contributed by atoms with E-state index in [0.29, 0.717) is 22.7 Å². The van der Waals surface area contributed by atoms with Crippen LogP contribution < -0.4 is 15.4 Å². The number of nitrogens with zero attached hydrogens (tertiary/aromatic N) is 1. The highest BCUT2D eigenvalue weighted by Crippen LogP contribution is 2.31. The Balaban J connectivity index is 1.69. The minimum atomic E-state index is -0.214. The van der Waals surface area contributed by atoms with Gasteiger partial charge in [-0.2, -0.15) is 0 Å². The van der Waals surface area contributed by atoms with Gasteiger partial charge in [0.2, 0.25) is 0 Å². The van der Waals surface area contributed by atoms with E-state index in [1.807, 2.05) is 51.1 Å². The maximum absolute atomic E-state index is 13.1. The first-order valence-corrected chi connectivity index (χ1v) is 9.06. The molecule has 0 radical (unpaired) electrons. The lowest BCUT2D eigenvalue weighted by molar-refractivity contribution is -0.118. The van der Waals surface area contributed by atoms with E-state index < -0.39 is 0 Å². The molecule has 1 aliphatic rings. The van der Waals surface area contributed by atoms with Crippen LogP contribution in [0.4, 0.5) is 11.4 Å². The molecule has 0 bridgehead atoms. The number of aromatic nitrogens is 1. The van der Waals surface area contributed by atoms with Gasteiger partial charge in [-0.3, -0.25) is 9.59 Å². The number of anilines is 2. The van der Waals surface area contributed by atoms with Crippen molar-refractivity contribution in [2.24, 2.45) is 0 Å². The van der Waals surface area contributed by atoms with Crippen LogP contribution in [0, 0.1) is 20.8 Å². The Hall–Kier alpha value is -3.54. The third kappa shape index (κ3) is 3.24. The van der Waals surface area contributed by atoms with E-state index in [-0.39, 0.29) is 18.4 Å². The largest absolute Gasteiger partial charge is 0.482 e. The number of aryl methyl sites for hydroxylation is 3. The summed E-state index contributed by atoms with van der Waals surface area (Å²) in [6.45, 7) is 5.99. The molecule has 2 N–H and O–H groups in total.